The summed E-state index contributed by atoms with van der Waals surface area (Å²) in [4.78, 5) is 10.8. The summed E-state index contributed by atoms with van der Waals surface area (Å²) in [7, 11) is 0. The fourth-order valence-electron chi connectivity index (χ4n) is 0.992. The molecule has 1 amide bonds. The molecule has 1 aliphatic heterocycles. The van der Waals surface area contributed by atoms with Gasteiger partial charge >= 0.3 is 0 Å². The van der Waals surface area contributed by atoms with Crippen LogP contribution in [0.4, 0.5) is 5.82 Å². The molecule has 0 fully saturated rings. The zero-order chi connectivity index (χ0) is 7.84. The zero-order valence-corrected chi connectivity index (χ0v) is 6.22. The van der Waals surface area contributed by atoms with Crippen LogP contribution in [0.25, 0.3) is 0 Å². The molecule has 11 heavy (non-hydrogen) atoms. The second-order valence-corrected chi connectivity index (χ2v) is 2.65. The Morgan fingerprint density at radius 2 is 2.36 bits per heavy atom. The summed E-state index contributed by atoms with van der Waals surface area (Å²) in [6.07, 6.45) is 0.352. The smallest absolute Gasteiger partial charge is 0.230 e. The number of fused-ring (bicyclic) bond motifs is 1. The lowest BCUT2D eigenvalue weighted by Gasteiger charge is -1.93. The SMILES string of the molecule is O=C1Cc2cc(Cl)nnc2N1. The highest BCUT2D eigenvalue weighted by molar-refractivity contribution is 6.29. The molecular formula is C6H4ClN3O. The van der Waals surface area contributed by atoms with Crippen LogP contribution in [0, 0.1) is 0 Å². The van der Waals surface area contributed by atoms with Crippen LogP contribution in [0.5, 0.6) is 0 Å². The largest absolute Gasteiger partial charge is 0.309 e. The van der Waals surface area contributed by atoms with Gasteiger partial charge in [0.2, 0.25) is 5.91 Å². The predicted octanol–water partition coefficient (Wildman–Crippen LogP) is 0.625. The zero-order valence-electron chi connectivity index (χ0n) is 5.47. The van der Waals surface area contributed by atoms with Gasteiger partial charge in [-0.1, -0.05) is 11.6 Å². The molecule has 2 rings (SSSR count). The maximum Gasteiger partial charge on any atom is 0.230 e. The van der Waals surface area contributed by atoms with Gasteiger partial charge in [0, 0.05) is 5.56 Å². The Morgan fingerprint density at radius 3 is 3.18 bits per heavy atom. The third-order valence-electron chi connectivity index (χ3n) is 1.45. The second kappa shape index (κ2) is 2.17. The van der Waals surface area contributed by atoms with Crippen molar-refractivity contribution in [2.75, 3.05) is 5.32 Å². The fraction of sp³-hybridized carbons (Fsp3) is 0.167. The van der Waals surface area contributed by atoms with Gasteiger partial charge in [-0.3, -0.25) is 4.79 Å². The molecule has 0 unspecified atom stereocenters. The Hall–Kier alpha value is -1.16. The van der Waals surface area contributed by atoms with Crippen molar-refractivity contribution in [2.45, 2.75) is 6.42 Å². The van der Waals surface area contributed by atoms with E-state index < -0.39 is 0 Å². The molecule has 1 N–H and O–H groups in total. The molecule has 0 aromatic carbocycles. The average Bonchev–Trinajstić information content (AvgIpc) is 2.27. The minimum atomic E-state index is -0.0587. The first-order valence-electron chi connectivity index (χ1n) is 3.07. The highest BCUT2D eigenvalue weighted by Gasteiger charge is 2.19. The average molecular weight is 170 g/mol. The molecule has 0 aliphatic carbocycles. The first kappa shape index (κ1) is 6.54. The molecule has 1 aromatic rings. The Kier molecular flexibility index (Phi) is 1.29. The van der Waals surface area contributed by atoms with Crippen LogP contribution < -0.4 is 5.32 Å². The van der Waals surface area contributed by atoms with Crippen molar-refractivity contribution >= 4 is 23.3 Å². The first-order valence-corrected chi connectivity index (χ1v) is 3.45. The van der Waals surface area contributed by atoms with Gasteiger partial charge in [-0.05, 0) is 6.07 Å². The third-order valence-corrected chi connectivity index (χ3v) is 1.64. The van der Waals surface area contributed by atoms with Crippen LogP contribution in [0.15, 0.2) is 6.07 Å². The van der Waals surface area contributed by atoms with Crippen molar-refractivity contribution in [2.24, 2.45) is 0 Å². The Morgan fingerprint density at radius 1 is 1.55 bits per heavy atom. The molecule has 0 saturated carbocycles. The van der Waals surface area contributed by atoms with E-state index in [1.165, 1.54) is 0 Å². The highest BCUT2D eigenvalue weighted by atomic mass is 35.5. The lowest BCUT2D eigenvalue weighted by atomic mass is 10.2. The van der Waals surface area contributed by atoms with E-state index in [4.69, 9.17) is 11.6 Å². The molecule has 56 valence electrons. The van der Waals surface area contributed by atoms with E-state index in [1.54, 1.807) is 6.07 Å². The predicted molar refractivity (Wildman–Crippen MR) is 39.4 cm³/mol. The summed E-state index contributed by atoms with van der Waals surface area (Å²) in [5.74, 6) is 0.468. The Balaban J connectivity index is 2.51. The van der Waals surface area contributed by atoms with Gasteiger partial charge in [-0.25, -0.2) is 0 Å². The van der Waals surface area contributed by atoms with E-state index in [0.717, 1.165) is 5.56 Å². The van der Waals surface area contributed by atoms with Crippen LogP contribution in [0.1, 0.15) is 5.56 Å². The van der Waals surface area contributed by atoms with E-state index in [1.807, 2.05) is 0 Å². The third kappa shape index (κ3) is 1.05. The summed E-state index contributed by atoms with van der Waals surface area (Å²) in [6.45, 7) is 0. The number of nitrogens with one attached hydrogen (secondary N) is 1. The summed E-state index contributed by atoms with van der Waals surface area (Å²) >= 11 is 5.56. The van der Waals surface area contributed by atoms with Gasteiger partial charge in [0.15, 0.2) is 11.0 Å². The number of hydrogen-bond acceptors (Lipinski definition) is 3. The molecule has 4 nitrogen and oxygen atoms in total. The second-order valence-electron chi connectivity index (χ2n) is 2.27. The standard InChI is InChI=1S/C6H4ClN3O/c7-4-1-3-2-5(11)8-6(3)10-9-4/h1H,2H2,(H,8,10,11). The van der Waals surface area contributed by atoms with E-state index in [0.29, 0.717) is 17.4 Å². The first-order chi connectivity index (χ1) is 5.25. The van der Waals surface area contributed by atoms with Crippen molar-refractivity contribution < 1.29 is 4.79 Å². The molecule has 1 aromatic heterocycles. The molecule has 0 saturated heterocycles. The number of anilines is 1. The van der Waals surface area contributed by atoms with E-state index in [9.17, 15) is 4.79 Å². The number of rotatable bonds is 0. The van der Waals surface area contributed by atoms with Crippen molar-refractivity contribution in [3.05, 3.63) is 16.8 Å². The maximum atomic E-state index is 10.8. The molecule has 5 heteroatoms. The van der Waals surface area contributed by atoms with Crippen LogP contribution >= 0.6 is 11.6 Å². The van der Waals surface area contributed by atoms with Crippen LogP contribution in [-0.2, 0) is 11.2 Å². The molecular weight excluding hydrogens is 166 g/mol. The summed E-state index contributed by atoms with van der Waals surface area (Å²) in [5.41, 5.74) is 0.815. The van der Waals surface area contributed by atoms with Crippen molar-refractivity contribution in [3.8, 4) is 0 Å². The quantitative estimate of drug-likeness (QED) is 0.620. The minimum Gasteiger partial charge on any atom is -0.309 e. The van der Waals surface area contributed by atoms with E-state index >= 15 is 0 Å². The monoisotopic (exact) mass is 169 g/mol. The van der Waals surface area contributed by atoms with Gasteiger partial charge < -0.3 is 5.32 Å². The van der Waals surface area contributed by atoms with Crippen LogP contribution in [-0.4, -0.2) is 16.1 Å². The summed E-state index contributed by atoms with van der Waals surface area (Å²) < 4.78 is 0. The molecule has 0 radical (unpaired) electrons. The van der Waals surface area contributed by atoms with Crippen LogP contribution in [0.2, 0.25) is 5.15 Å². The molecule has 0 spiro atoms. The Labute approximate surface area is 67.6 Å². The van der Waals surface area contributed by atoms with E-state index in [2.05, 4.69) is 15.5 Å². The molecule has 0 bridgehead atoms. The molecule has 0 atom stereocenters. The number of halogens is 1. The lowest BCUT2D eigenvalue weighted by molar-refractivity contribution is -0.115. The number of carbonyl (C=O) groups is 1. The van der Waals surface area contributed by atoms with Gasteiger partial charge in [0.1, 0.15) is 0 Å². The maximum absolute atomic E-state index is 10.8. The van der Waals surface area contributed by atoms with Crippen molar-refractivity contribution in [1.29, 1.82) is 0 Å². The van der Waals surface area contributed by atoms with Gasteiger partial charge in [0.25, 0.3) is 0 Å². The van der Waals surface area contributed by atoms with Gasteiger partial charge in [-0.15, -0.1) is 10.2 Å². The molecule has 2 heterocycles. The van der Waals surface area contributed by atoms with Crippen LogP contribution in [0.3, 0.4) is 0 Å². The number of hydrogen-bond donors (Lipinski definition) is 1. The van der Waals surface area contributed by atoms with E-state index in [-0.39, 0.29) is 5.91 Å². The summed E-state index contributed by atoms with van der Waals surface area (Å²) in [6, 6.07) is 1.64. The van der Waals surface area contributed by atoms with Crippen molar-refractivity contribution in [3.63, 3.8) is 0 Å². The normalized spacial score (nSPS) is 14.5. The van der Waals surface area contributed by atoms with Crippen molar-refractivity contribution in [1.82, 2.24) is 10.2 Å². The fourth-order valence-corrected chi connectivity index (χ4v) is 1.16. The minimum absolute atomic E-state index is 0.0587. The number of amides is 1. The lowest BCUT2D eigenvalue weighted by Crippen LogP contribution is -2.04. The van der Waals surface area contributed by atoms with Gasteiger partial charge in [0.05, 0.1) is 6.42 Å². The highest BCUT2D eigenvalue weighted by Crippen LogP contribution is 2.20. The number of carbonyl (C=O) groups excluding carboxylic acids is 1. The number of nitrogens with zero attached hydrogens (tertiary/aromatic N) is 2. The number of aromatic nitrogens is 2. The molecule has 1 aliphatic rings. The van der Waals surface area contributed by atoms with Gasteiger partial charge in [-0.2, -0.15) is 0 Å². The summed E-state index contributed by atoms with van der Waals surface area (Å²) in [5, 5.41) is 10.2. The Bertz CT molecular complexity index is 326. The topological polar surface area (TPSA) is 54.9 Å².